The summed E-state index contributed by atoms with van der Waals surface area (Å²) in [5.74, 6) is 1.35. The van der Waals surface area contributed by atoms with Crippen LogP contribution in [0.25, 0.3) is 5.69 Å². The predicted molar refractivity (Wildman–Crippen MR) is 77.5 cm³/mol. The fraction of sp³-hybridized carbons (Fsp3) is 0.357. The zero-order chi connectivity index (χ0) is 13.9. The summed E-state index contributed by atoms with van der Waals surface area (Å²) in [5, 5.41) is 8.07. The quantitative estimate of drug-likeness (QED) is 0.669. The second-order valence-corrected chi connectivity index (χ2v) is 4.97. The average Bonchev–Trinajstić information content (AvgIpc) is 3.23. The van der Waals surface area contributed by atoms with E-state index in [1.54, 1.807) is 6.33 Å². The number of para-hydroxylation sites is 1. The Morgan fingerprint density at radius 3 is 2.85 bits per heavy atom. The number of hydrogen-bond acceptors (Lipinski definition) is 3. The molecule has 0 atom stereocenters. The highest BCUT2D eigenvalue weighted by molar-refractivity contribution is 5.78. The lowest BCUT2D eigenvalue weighted by atomic mass is 10.3. The summed E-state index contributed by atoms with van der Waals surface area (Å²) in [4.78, 5) is 6.44. The molecule has 1 aromatic heterocycles. The molecule has 6 heteroatoms. The van der Waals surface area contributed by atoms with E-state index in [2.05, 4.69) is 15.2 Å². The van der Waals surface area contributed by atoms with Crippen LogP contribution < -0.4 is 5.73 Å². The van der Waals surface area contributed by atoms with Crippen LogP contribution in [0.3, 0.4) is 0 Å². The summed E-state index contributed by atoms with van der Waals surface area (Å²) in [6, 6.07) is 10.5. The Labute approximate surface area is 117 Å². The first-order chi connectivity index (χ1) is 9.75. The number of benzene rings is 1. The SMILES string of the molecule is CN(C(N)=NCc1nncn1-c1ccccc1)C1CC1. The van der Waals surface area contributed by atoms with Crippen LogP contribution in [0.15, 0.2) is 41.7 Å². The highest BCUT2D eigenvalue weighted by Crippen LogP contribution is 2.24. The number of guanidine groups is 1. The molecule has 1 aromatic carbocycles. The first-order valence-corrected chi connectivity index (χ1v) is 6.73. The summed E-state index contributed by atoms with van der Waals surface area (Å²) in [6.07, 6.45) is 4.10. The lowest BCUT2D eigenvalue weighted by molar-refractivity contribution is 0.487. The lowest BCUT2D eigenvalue weighted by Crippen LogP contribution is -2.35. The van der Waals surface area contributed by atoms with Crippen molar-refractivity contribution in [3.63, 3.8) is 0 Å². The van der Waals surface area contributed by atoms with Gasteiger partial charge in [-0.25, -0.2) is 4.99 Å². The summed E-state index contributed by atoms with van der Waals surface area (Å²) in [6.45, 7) is 0.428. The van der Waals surface area contributed by atoms with Gasteiger partial charge in [0.05, 0.1) is 0 Å². The van der Waals surface area contributed by atoms with E-state index in [9.17, 15) is 0 Å². The minimum atomic E-state index is 0.428. The molecular weight excluding hydrogens is 252 g/mol. The van der Waals surface area contributed by atoms with Crippen LogP contribution in [0.5, 0.6) is 0 Å². The number of aliphatic imine (C=N–C) groups is 1. The predicted octanol–water partition coefficient (Wildman–Crippen LogP) is 1.18. The van der Waals surface area contributed by atoms with E-state index in [0.29, 0.717) is 18.5 Å². The van der Waals surface area contributed by atoms with Crippen LogP contribution in [0.1, 0.15) is 18.7 Å². The second-order valence-electron chi connectivity index (χ2n) is 4.97. The zero-order valence-corrected chi connectivity index (χ0v) is 11.5. The number of hydrogen-bond donors (Lipinski definition) is 1. The largest absolute Gasteiger partial charge is 0.370 e. The zero-order valence-electron chi connectivity index (χ0n) is 11.5. The standard InChI is InChI=1S/C14H18N6/c1-19(11-7-8-11)14(15)16-9-13-18-17-10-20(13)12-5-3-2-4-6-12/h2-6,10-11H,7-9H2,1H3,(H2,15,16). The van der Waals surface area contributed by atoms with E-state index in [1.807, 2.05) is 46.8 Å². The smallest absolute Gasteiger partial charge is 0.191 e. The second kappa shape index (κ2) is 5.32. The molecule has 0 amide bonds. The molecule has 0 aliphatic heterocycles. The monoisotopic (exact) mass is 270 g/mol. The van der Waals surface area contributed by atoms with Gasteiger partial charge in [-0.1, -0.05) is 18.2 Å². The minimum absolute atomic E-state index is 0.428. The Balaban J connectivity index is 1.75. The van der Waals surface area contributed by atoms with E-state index in [0.717, 1.165) is 11.5 Å². The fourth-order valence-corrected chi connectivity index (χ4v) is 2.08. The molecule has 1 aliphatic carbocycles. The molecular formula is C14H18N6. The topological polar surface area (TPSA) is 72.3 Å². The summed E-state index contributed by atoms with van der Waals surface area (Å²) < 4.78 is 1.92. The molecule has 0 spiro atoms. The maximum absolute atomic E-state index is 5.98. The van der Waals surface area contributed by atoms with E-state index in [-0.39, 0.29) is 0 Å². The average molecular weight is 270 g/mol. The summed E-state index contributed by atoms with van der Waals surface area (Å²) in [5.41, 5.74) is 7.01. The Morgan fingerprint density at radius 1 is 1.40 bits per heavy atom. The van der Waals surface area contributed by atoms with Gasteiger partial charge in [-0.3, -0.25) is 4.57 Å². The summed E-state index contributed by atoms with van der Waals surface area (Å²) >= 11 is 0. The van der Waals surface area contributed by atoms with Crippen molar-refractivity contribution in [2.45, 2.75) is 25.4 Å². The molecule has 0 saturated heterocycles. The molecule has 2 aromatic rings. The number of aromatic nitrogens is 3. The molecule has 104 valence electrons. The minimum Gasteiger partial charge on any atom is -0.370 e. The van der Waals surface area contributed by atoms with Crippen molar-refractivity contribution in [3.05, 3.63) is 42.5 Å². The normalized spacial score (nSPS) is 15.3. The van der Waals surface area contributed by atoms with Gasteiger partial charge in [0.1, 0.15) is 12.9 Å². The van der Waals surface area contributed by atoms with Gasteiger partial charge in [0.25, 0.3) is 0 Å². The Hall–Kier alpha value is -2.37. The van der Waals surface area contributed by atoms with Gasteiger partial charge >= 0.3 is 0 Å². The van der Waals surface area contributed by atoms with E-state index < -0.39 is 0 Å². The molecule has 20 heavy (non-hydrogen) atoms. The van der Waals surface area contributed by atoms with Crippen LogP contribution >= 0.6 is 0 Å². The van der Waals surface area contributed by atoms with Crippen molar-refractivity contribution < 1.29 is 0 Å². The van der Waals surface area contributed by atoms with Gasteiger partial charge in [-0.15, -0.1) is 10.2 Å². The van der Waals surface area contributed by atoms with Crippen molar-refractivity contribution in [3.8, 4) is 5.69 Å². The molecule has 1 heterocycles. The molecule has 6 nitrogen and oxygen atoms in total. The summed E-state index contributed by atoms with van der Waals surface area (Å²) in [7, 11) is 1.98. The Kier molecular flexibility index (Phi) is 3.37. The van der Waals surface area contributed by atoms with E-state index in [4.69, 9.17) is 5.73 Å². The first-order valence-electron chi connectivity index (χ1n) is 6.73. The van der Waals surface area contributed by atoms with Crippen LogP contribution in [-0.4, -0.2) is 38.7 Å². The number of nitrogens with two attached hydrogens (primary N) is 1. The molecule has 1 saturated carbocycles. The first kappa shape index (κ1) is 12.7. The van der Waals surface area contributed by atoms with Gasteiger partial charge in [-0.2, -0.15) is 0 Å². The molecule has 2 N–H and O–H groups in total. The van der Waals surface area contributed by atoms with E-state index in [1.165, 1.54) is 12.8 Å². The van der Waals surface area contributed by atoms with Crippen molar-refractivity contribution in [2.75, 3.05) is 7.05 Å². The molecule has 1 fully saturated rings. The third-order valence-corrected chi connectivity index (χ3v) is 3.49. The van der Waals surface area contributed by atoms with Crippen molar-refractivity contribution in [2.24, 2.45) is 10.7 Å². The van der Waals surface area contributed by atoms with Crippen LogP contribution in [0.2, 0.25) is 0 Å². The maximum Gasteiger partial charge on any atom is 0.191 e. The molecule has 0 unspecified atom stereocenters. The van der Waals surface area contributed by atoms with Crippen molar-refractivity contribution in [1.82, 2.24) is 19.7 Å². The Bertz CT molecular complexity index is 599. The molecule has 3 rings (SSSR count). The molecule has 1 aliphatic rings. The van der Waals surface area contributed by atoms with Crippen LogP contribution in [0, 0.1) is 0 Å². The highest BCUT2D eigenvalue weighted by atomic mass is 15.3. The van der Waals surface area contributed by atoms with Gasteiger partial charge < -0.3 is 10.6 Å². The van der Waals surface area contributed by atoms with Crippen LogP contribution in [0.4, 0.5) is 0 Å². The van der Waals surface area contributed by atoms with Gasteiger partial charge in [0.2, 0.25) is 0 Å². The third-order valence-electron chi connectivity index (χ3n) is 3.49. The maximum atomic E-state index is 5.98. The lowest BCUT2D eigenvalue weighted by Gasteiger charge is -2.16. The van der Waals surface area contributed by atoms with Gasteiger partial charge in [0, 0.05) is 18.8 Å². The third kappa shape index (κ3) is 2.64. The van der Waals surface area contributed by atoms with Crippen molar-refractivity contribution in [1.29, 1.82) is 0 Å². The van der Waals surface area contributed by atoms with Gasteiger partial charge in [0.15, 0.2) is 11.8 Å². The van der Waals surface area contributed by atoms with Gasteiger partial charge in [-0.05, 0) is 25.0 Å². The molecule has 0 bridgehead atoms. The number of rotatable bonds is 4. The Morgan fingerprint density at radius 2 is 2.15 bits per heavy atom. The molecule has 0 radical (unpaired) electrons. The van der Waals surface area contributed by atoms with Crippen LogP contribution in [-0.2, 0) is 6.54 Å². The highest BCUT2D eigenvalue weighted by Gasteiger charge is 2.27. The van der Waals surface area contributed by atoms with Crippen molar-refractivity contribution >= 4 is 5.96 Å². The number of nitrogens with zero attached hydrogens (tertiary/aromatic N) is 5. The van der Waals surface area contributed by atoms with E-state index >= 15 is 0 Å². The fourth-order valence-electron chi connectivity index (χ4n) is 2.08.